The van der Waals surface area contributed by atoms with Gasteiger partial charge in [-0.25, -0.2) is 0 Å². The van der Waals surface area contributed by atoms with E-state index in [1.54, 1.807) is 0 Å². The van der Waals surface area contributed by atoms with Gasteiger partial charge in [0.15, 0.2) is 0 Å². The summed E-state index contributed by atoms with van der Waals surface area (Å²) < 4.78 is 5.60. The van der Waals surface area contributed by atoms with Crippen molar-refractivity contribution in [2.75, 3.05) is 26.2 Å². The van der Waals surface area contributed by atoms with Crippen LogP contribution in [0.3, 0.4) is 0 Å². The summed E-state index contributed by atoms with van der Waals surface area (Å²) in [6.07, 6.45) is 0.191. The molecule has 0 saturated carbocycles. The number of benzene rings is 1. The van der Waals surface area contributed by atoms with Gasteiger partial charge in [-0.1, -0.05) is 29.8 Å². The molecule has 0 spiro atoms. The van der Waals surface area contributed by atoms with E-state index in [1.807, 2.05) is 0 Å². The molecule has 0 amide bonds. The Hall–Kier alpha value is -0.900. The zero-order chi connectivity index (χ0) is 12.3. The van der Waals surface area contributed by atoms with Gasteiger partial charge in [-0.05, 0) is 19.4 Å². The maximum absolute atomic E-state index is 5.67. The molecule has 1 heterocycles. The number of nitrogens with two attached hydrogens (primary N) is 1. The second-order valence-corrected chi connectivity index (χ2v) is 4.81. The summed E-state index contributed by atoms with van der Waals surface area (Å²) in [5.41, 5.74) is 8.35. The molecule has 1 saturated heterocycles. The van der Waals surface area contributed by atoms with Crippen LogP contribution in [0.25, 0.3) is 0 Å². The fourth-order valence-electron chi connectivity index (χ4n) is 2.29. The normalized spacial score (nSPS) is 23.6. The maximum Gasteiger partial charge on any atom is 0.0824 e. The third-order valence-corrected chi connectivity index (χ3v) is 3.54. The van der Waals surface area contributed by atoms with Gasteiger partial charge in [0.1, 0.15) is 0 Å². The van der Waals surface area contributed by atoms with E-state index in [9.17, 15) is 0 Å². The van der Waals surface area contributed by atoms with Gasteiger partial charge in [-0.3, -0.25) is 4.90 Å². The molecule has 2 atom stereocenters. The van der Waals surface area contributed by atoms with E-state index in [2.05, 4.69) is 43.0 Å². The largest absolute Gasteiger partial charge is 0.374 e. The van der Waals surface area contributed by atoms with Crippen LogP contribution in [0, 0.1) is 6.92 Å². The Labute approximate surface area is 104 Å². The molecule has 2 unspecified atom stereocenters. The first-order valence-electron chi connectivity index (χ1n) is 6.33. The summed E-state index contributed by atoms with van der Waals surface area (Å²) in [5.74, 6) is 0. The van der Waals surface area contributed by atoms with E-state index in [-0.39, 0.29) is 6.10 Å². The van der Waals surface area contributed by atoms with Crippen molar-refractivity contribution in [3.8, 4) is 0 Å². The van der Waals surface area contributed by atoms with Crippen molar-refractivity contribution < 1.29 is 4.74 Å². The van der Waals surface area contributed by atoms with Gasteiger partial charge in [0, 0.05) is 25.7 Å². The van der Waals surface area contributed by atoms with Gasteiger partial charge >= 0.3 is 0 Å². The van der Waals surface area contributed by atoms with Crippen molar-refractivity contribution in [1.29, 1.82) is 0 Å². The molecule has 1 aliphatic rings. The highest BCUT2D eigenvalue weighted by molar-refractivity contribution is 5.23. The molecule has 3 heteroatoms. The minimum absolute atomic E-state index is 0.191. The Balaban J connectivity index is 2.03. The van der Waals surface area contributed by atoms with Gasteiger partial charge < -0.3 is 10.5 Å². The molecular formula is C14H22N2O. The predicted octanol–water partition coefficient (Wildman–Crippen LogP) is 1.72. The Kier molecular flexibility index (Phi) is 4.15. The molecule has 2 rings (SSSR count). The first-order chi connectivity index (χ1) is 8.20. The SMILES string of the molecule is Cc1ccc(C(C)N2CCOC(CN)C2)cc1. The van der Waals surface area contributed by atoms with Crippen molar-refractivity contribution >= 4 is 0 Å². The molecule has 2 N–H and O–H groups in total. The Morgan fingerprint density at radius 3 is 2.76 bits per heavy atom. The average molecular weight is 234 g/mol. The third kappa shape index (κ3) is 3.06. The molecule has 0 aromatic heterocycles. The second-order valence-electron chi connectivity index (χ2n) is 4.81. The molecule has 1 aromatic rings. The van der Waals surface area contributed by atoms with E-state index < -0.39 is 0 Å². The van der Waals surface area contributed by atoms with Crippen LogP contribution in [0.15, 0.2) is 24.3 Å². The Morgan fingerprint density at radius 1 is 1.41 bits per heavy atom. The third-order valence-electron chi connectivity index (χ3n) is 3.54. The lowest BCUT2D eigenvalue weighted by Gasteiger charge is -2.36. The van der Waals surface area contributed by atoms with Crippen LogP contribution in [0.2, 0.25) is 0 Å². The second kappa shape index (κ2) is 5.63. The molecule has 1 fully saturated rings. The monoisotopic (exact) mass is 234 g/mol. The van der Waals surface area contributed by atoms with Gasteiger partial charge in [0.05, 0.1) is 12.7 Å². The molecule has 0 aliphatic carbocycles. The lowest BCUT2D eigenvalue weighted by atomic mass is 10.0. The lowest BCUT2D eigenvalue weighted by molar-refractivity contribution is -0.0364. The van der Waals surface area contributed by atoms with Crippen LogP contribution < -0.4 is 5.73 Å². The summed E-state index contributed by atoms with van der Waals surface area (Å²) in [4.78, 5) is 2.45. The Morgan fingerprint density at radius 2 is 2.12 bits per heavy atom. The topological polar surface area (TPSA) is 38.5 Å². The first kappa shape index (κ1) is 12.6. The van der Waals surface area contributed by atoms with E-state index in [4.69, 9.17) is 10.5 Å². The number of nitrogens with zero attached hydrogens (tertiary/aromatic N) is 1. The molecule has 0 bridgehead atoms. The maximum atomic E-state index is 5.67. The van der Waals surface area contributed by atoms with E-state index >= 15 is 0 Å². The molecule has 1 aliphatic heterocycles. The number of rotatable bonds is 3. The van der Waals surface area contributed by atoms with Crippen LogP contribution in [-0.4, -0.2) is 37.2 Å². The molecular weight excluding hydrogens is 212 g/mol. The Bertz CT molecular complexity index is 350. The summed E-state index contributed by atoms with van der Waals surface area (Å²) in [7, 11) is 0. The summed E-state index contributed by atoms with van der Waals surface area (Å²) >= 11 is 0. The number of hydrogen-bond donors (Lipinski definition) is 1. The van der Waals surface area contributed by atoms with E-state index in [0.29, 0.717) is 12.6 Å². The summed E-state index contributed by atoms with van der Waals surface area (Å²) in [5, 5.41) is 0. The summed E-state index contributed by atoms with van der Waals surface area (Å²) in [6.45, 7) is 7.70. The minimum atomic E-state index is 0.191. The molecule has 1 aromatic carbocycles. The molecule has 0 radical (unpaired) electrons. The summed E-state index contributed by atoms with van der Waals surface area (Å²) in [6, 6.07) is 9.22. The van der Waals surface area contributed by atoms with Crippen LogP contribution in [0.1, 0.15) is 24.1 Å². The fourth-order valence-corrected chi connectivity index (χ4v) is 2.29. The molecule has 94 valence electrons. The number of hydrogen-bond acceptors (Lipinski definition) is 3. The average Bonchev–Trinajstić information content (AvgIpc) is 2.39. The van der Waals surface area contributed by atoms with Gasteiger partial charge in [-0.15, -0.1) is 0 Å². The van der Waals surface area contributed by atoms with Gasteiger partial charge in [-0.2, -0.15) is 0 Å². The quantitative estimate of drug-likeness (QED) is 0.865. The van der Waals surface area contributed by atoms with E-state index in [1.165, 1.54) is 11.1 Å². The fraction of sp³-hybridized carbons (Fsp3) is 0.571. The first-order valence-corrected chi connectivity index (χ1v) is 6.33. The van der Waals surface area contributed by atoms with Crippen molar-refractivity contribution in [2.45, 2.75) is 26.0 Å². The van der Waals surface area contributed by atoms with Crippen LogP contribution >= 0.6 is 0 Å². The highest BCUT2D eigenvalue weighted by Gasteiger charge is 2.23. The van der Waals surface area contributed by atoms with Crippen molar-refractivity contribution in [1.82, 2.24) is 4.90 Å². The highest BCUT2D eigenvalue weighted by atomic mass is 16.5. The predicted molar refractivity (Wildman–Crippen MR) is 70.0 cm³/mol. The highest BCUT2D eigenvalue weighted by Crippen LogP contribution is 2.22. The van der Waals surface area contributed by atoms with Crippen molar-refractivity contribution in [3.63, 3.8) is 0 Å². The van der Waals surface area contributed by atoms with Gasteiger partial charge in [0.2, 0.25) is 0 Å². The zero-order valence-electron chi connectivity index (χ0n) is 10.7. The van der Waals surface area contributed by atoms with Crippen LogP contribution in [-0.2, 0) is 4.74 Å². The number of morpholine rings is 1. The minimum Gasteiger partial charge on any atom is -0.374 e. The number of aryl methyl sites for hydroxylation is 1. The lowest BCUT2D eigenvalue weighted by Crippen LogP contribution is -2.46. The van der Waals surface area contributed by atoms with Crippen molar-refractivity contribution in [2.24, 2.45) is 5.73 Å². The van der Waals surface area contributed by atoms with E-state index in [0.717, 1.165) is 19.7 Å². The number of ether oxygens (including phenoxy) is 1. The van der Waals surface area contributed by atoms with Crippen molar-refractivity contribution in [3.05, 3.63) is 35.4 Å². The molecule has 3 nitrogen and oxygen atoms in total. The standard InChI is InChI=1S/C14H22N2O/c1-11-3-5-13(6-4-11)12(2)16-7-8-17-14(9-15)10-16/h3-6,12,14H,7-10,15H2,1-2H3. The molecule has 17 heavy (non-hydrogen) atoms. The smallest absolute Gasteiger partial charge is 0.0824 e. The van der Waals surface area contributed by atoms with Crippen LogP contribution in [0.4, 0.5) is 0 Å². The van der Waals surface area contributed by atoms with Crippen LogP contribution in [0.5, 0.6) is 0 Å². The van der Waals surface area contributed by atoms with Gasteiger partial charge in [0.25, 0.3) is 0 Å². The zero-order valence-corrected chi connectivity index (χ0v) is 10.7.